The predicted molar refractivity (Wildman–Crippen MR) is 131 cm³/mol. The van der Waals surface area contributed by atoms with Crippen LogP contribution in [0.3, 0.4) is 0 Å². The molecule has 0 saturated carbocycles. The van der Waals surface area contributed by atoms with Gasteiger partial charge in [0.25, 0.3) is 5.56 Å². The van der Waals surface area contributed by atoms with Gasteiger partial charge < -0.3 is 9.30 Å². The molecule has 0 amide bonds. The van der Waals surface area contributed by atoms with Crippen LogP contribution in [0.4, 0.5) is 20.2 Å². The molecule has 0 aliphatic carbocycles. The molecule has 192 valence electrons. The van der Waals surface area contributed by atoms with E-state index in [1.807, 2.05) is 0 Å². The summed E-state index contributed by atoms with van der Waals surface area (Å²) in [6, 6.07) is 8.96. The molecule has 0 radical (unpaired) electrons. The highest BCUT2D eigenvalue weighted by Gasteiger charge is 2.36. The van der Waals surface area contributed by atoms with Gasteiger partial charge in [-0.05, 0) is 35.9 Å². The zero-order chi connectivity index (χ0) is 26.4. The lowest BCUT2D eigenvalue weighted by Gasteiger charge is -2.17. The first kappa shape index (κ1) is 25.9. The number of fused-ring (bicyclic) bond motifs is 1. The molecule has 0 unspecified atom stereocenters. The lowest BCUT2D eigenvalue weighted by Crippen LogP contribution is -2.37. The second-order valence-corrected chi connectivity index (χ2v) is 12.3. The number of anilines is 2. The Morgan fingerprint density at radius 2 is 1.61 bits per heavy atom. The van der Waals surface area contributed by atoms with E-state index < -0.39 is 37.2 Å². The van der Waals surface area contributed by atoms with Crippen molar-refractivity contribution in [2.24, 2.45) is 0 Å². The molecule has 9 nitrogen and oxygen atoms in total. The van der Waals surface area contributed by atoms with Crippen LogP contribution in [-0.2, 0) is 33.2 Å². The van der Waals surface area contributed by atoms with Crippen LogP contribution >= 0.6 is 11.6 Å². The van der Waals surface area contributed by atoms with E-state index in [0.29, 0.717) is 5.56 Å². The molecular formula is C22H20ClF2N3O6S2. The van der Waals surface area contributed by atoms with Crippen LogP contribution in [0.15, 0.2) is 53.5 Å². The van der Waals surface area contributed by atoms with Crippen LogP contribution in [0.25, 0.3) is 0 Å². The van der Waals surface area contributed by atoms with Crippen molar-refractivity contribution in [1.82, 2.24) is 4.57 Å². The number of hydrogen-bond acceptors (Lipinski definition) is 6. The van der Waals surface area contributed by atoms with Crippen LogP contribution < -0.4 is 18.9 Å². The molecule has 0 spiro atoms. The normalized spacial score (nSPS) is 13.7. The minimum atomic E-state index is -3.78. The monoisotopic (exact) mass is 559 g/mol. The molecule has 3 aromatic rings. The lowest BCUT2D eigenvalue weighted by atomic mass is 10.1. The topological polar surface area (TPSA) is 106 Å². The van der Waals surface area contributed by atoms with E-state index in [0.717, 1.165) is 33.3 Å². The van der Waals surface area contributed by atoms with Gasteiger partial charge in [-0.3, -0.25) is 4.79 Å². The fraction of sp³-hybridized carbons (Fsp3) is 0.227. The third-order valence-corrected chi connectivity index (χ3v) is 8.03. The van der Waals surface area contributed by atoms with Crippen LogP contribution in [0.2, 0.25) is 5.02 Å². The average Bonchev–Trinajstić information content (AvgIpc) is 3.17. The Labute approximate surface area is 211 Å². The van der Waals surface area contributed by atoms with E-state index in [2.05, 4.69) is 0 Å². The van der Waals surface area contributed by atoms with Crippen molar-refractivity contribution < 1.29 is 30.4 Å². The number of rotatable bonds is 7. The summed E-state index contributed by atoms with van der Waals surface area (Å²) in [5.74, 6) is -1.52. The highest BCUT2D eigenvalue weighted by atomic mass is 35.5. The summed E-state index contributed by atoms with van der Waals surface area (Å²) < 4.78 is 84.3. The Kier molecular flexibility index (Phi) is 6.75. The van der Waals surface area contributed by atoms with Crippen molar-refractivity contribution in [3.63, 3.8) is 0 Å². The molecule has 1 aromatic heterocycles. The van der Waals surface area contributed by atoms with Crippen LogP contribution in [-0.4, -0.2) is 40.6 Å². The van der Waals surface area contributed by atoms with Gasteiger partial charge in [0.2, 0.25) is 20.0 Å². The van der Waals surface area contributed by atoms with Crippen molar-refractivity contribution in [2.75, 3.05) is 27.8 Å². The number of halogens is 3. The van der Waals surface area contributed by atoms with E-state index in [1.165, 1.54) is 35.0 Å². The third-order valence-electron chi connectivity index (χ3n) is 5.46. The highest BCUT2D eigenvalue weighted by molar-refractivity contribution is 7.93. The fourth-order valence-corrected chi connectivity index (χ4v) is 5.64. The van der Waals surface area contributed by atoms with E-state index in [9.17, 15) is 30.4 Å². The number of nitrogens with zero attached hydrogens (tertiary/aromatic N) is 3. The molecule has 1 aliphatic heterocycles. The highest BCUT2D eigenvalue weighted by Crippen LogP contribution is 2.39. The SMILES string of the molecule is CS(=O)(=O)N1CN(S(C)(=O)=O)c2cc(Cn3ccc(OCc4ccc(F)cc4F)c(Cl)c3=O)ccc21. The van der Waals surface area contributed by atoms with E-state index in [-0.39, 0.29) is 47.5 Å². The summed E-state index contributed by atoms with van der Waals surface area (Å²) in [7, 11) is -7.51. The number of sulfonamides is 2. The smallest absolute Gasteiger partial charge is 0.273 e. The standard InChI is InChI=1S/C22H20ClF2N3O6S2/c1-35(30,31)27-13-28(36(2,32)33)19-9-14(3-6-18(19)27)11-26-8-7-20(21(23)22(26)29)34-12-15-4-5-16(24)10-17(15)25/h3-10H,11-13H2,1-2H3. The molecule has 0 fully saturated rings. The molecule has 0 saturated heterocycles. The van der Waals surface area contributed by atoms with Gasteiger partial charge in [0.1, 0.15) is 35.7 Å². The van der Waals surface area contributed by atoms with Gasteiger partial charge in [0.05, 0.1) is 30.4 Å². The lowest BCUT2D eigenvalue weighted by molar-refractivity contribution is 0.298. The predicted octanol–water partition coefficient (Wildman–Crippen LogP) is 2.91. The van der Waals surface area contributed by atoms with Crippen LogP contribution in [0, 0.1) is 11.6 Å². The second-order valence-electron chi connectivity index (χ2n) is 8.14. The van der Waals surface area contributed by atoms with Crippen molar-refractivity contribution in [3.05, 3.63) is 86.8 Å². The van der Waals surface area contributed by atoms with Gasteiger partial charge in [-0.1, -0.05) is 17.7 Å². The molecule has 14 heteroatoms. The van der Waals surface area contributed by atoms with E-state index in [4.69, 9.17) is 16.3 Å². The third kappa shape index (κ3) is 5.18. The fourth-order valence-electron chi connectivity index (χ4n) is 3.67. The second kappa shape index (κ2) is 9.37. The molecule has 2 aromatic carbocycles. The number of hydrogen-bond donors (Lipinski definition) is 0. The van der Waals surface area contributed by atoms with Gasteiger partial charge >= 0.3 is 0 Å². The quantitative estimate of drug-likeness (QED) is 0.441. The van der Waals surface area contributed by atoms with Gasteiger partial charge in [-0.2, -0.15) is 0 Å². The van der Waals surface area contributed by atoms with Crippen LogP contribution in [0.1, 0.15) is 11.1 Å². The van der Waals surface area contributed by atoms with E-state index >= 15 is 0 Å². The summed E-state index contributed by atoms with van der Waals surface area (Å²) in [6.45, 7) is -0.670. The zero-order valence-electron chi connectivity index (χ0n) is 19.0. The maximum absolute atomic E-state index is 13.8. The first-order valence-electron chi connectivity index (χ1n) is 10.3. The van der Waals surface area contributed by atoms with Gasteiger partial charge in [0.15, 0.2) is 0 Å². The Hall–Kier alpha value is -3.16. The molecule has 2 heterocycles. The summed E-state index contributed by atoms with van der Waals surface area (Å²) in [6.07, 6.45) is 3.34. The van der Waals surface area contributed by atoms with Crippen molar-refractivity contribution in [2.45, 2.75) is 13.2 Å². The van der Waals surface area contributed by atoms with Gasteiger partial charge in [0, 0.05) is 17.8 Å². The molecule has 36 heavy (non-hydrogen) atoms. The molecule has 0 atom stereocenters. The Morgan fingerprint density at radius 3 is 2.25 bits per heavy atom. The number of aromatic nitrogens is 1. The molecular weight excluding hydrogens is 540 g/mol. The van der Waals surface area contributed by atoms with Gasteiger partial charge in [-0.25, -0.2) is 34.2 Å². The maximum atomic E-state index is 13.8. The first-order valence-corrected chi connectivity index (χ1v) is 14.4. The Morgan fingerprint density at radius 1 is 0.944 bits per heavy atom. The molecule has 4 rings (SSSR count). The van der Waals surface area contributed by atoms with Crippen molar-refractivity contribution in [1.29, 1.82) is 0 Å². The molecule has 0 bridgehead atoms. The zero-order valence-corrected chi connectivity index (χ0v) is 21.4. The summed E-state index contributed by atoms with van der Waals surface area (Å²) >= 11 is 6.17. The maximum Gasteiger partial charge on any atom is 0.273 e. The first-order chi connectivity index (χ1) is 16.8. The van der Waals surface area contributed by atoms with E-state index in [1.54, 1.807) is 6.07 Å². The summed E-state index contributed by atoms with van der Waals surface area (Å²) in [5, 5.41) is -0.262. The number of benzene rings is 2. The molecule has 0 N–H and O–H groups in total. The summed E-state index contributed by atoms with van der Waals surface area (Å²) in [4.78, 5) is 12.8. The summed E-state index contributed by atoms with van der Waals surface area (Å²) in [5.41, 5.74) is 0.341. The minimum Gasteiger partial charge on any atom is -0.487 e. The largest absolute Gasteiger partial charge is 0.487 e. The Bertz CT molecular complexity index is 1630. The number of pyridine rings is 1. The van der Waals surface area contributed by atoms with Crippen molar-refractivity contribution in [3.8, 4) is 5.75 Å². The van der Waals surface area contributed by atoms with Crippen LogP contribution in [0.5, 0.6) is 5.75 Å². The Balaban J connectivity index is 1.60. The minimum absolute atomic E-state index is 0.00245. The van der Waals surface area contributed by atoms with Gasteiger partial charge in [-0.15, -0.1) is 0 Å². The number of ether oxygens (including phenoxy) is 1. The molecule has 1 aliphatic rings. The van der Waals surface area contributed by atoms with Crippen molar-refractivity contribution >= 4 is 43.0 Å². The average molecular weight is 560 g/mol.